The first-order chi connectivity index (χ1) is 11.0. The van der Waals surface area contributed by atoms with Crippen LogP contribution in [0.2, 0.25) is 0 Å². The van der Waals surface area contributed by atoms with Crippen molar-refractivity contribution in [1.29, 1.82) is 0 Å². The van der Waals surface area contributed by atoms with E-state index in [0.717, 1.165) is 24.2 Å². The van der Waals surface area contributed by atoms with Crippen LogP contribution in [0.15, 0.2) is 24.3 Å². The maximum Gasteiger partial charge on any atom is 0.311 e. The summed E-state index contributed by atoms with van der Waals surface area (Å²) in [4.78, 5) is 26.0. The molecule has 2 aliphatic heterocycles. The summed E-state index contributed by atoms with van der Waals surface area (Å²) in [6.45, 7) is 3.25. The minimum Gasteiger partial charge on any atom is -0.493 e. The van der Waals surface area contributed by atoms with Gasteiger partial charge in [0, 0.05) is 30.0 Å². The third-order valence-corrected chi connectivity index (χ3v) is 5.90. The van der Waals surface area contributed by atoms with Crippen molar-refractivity contribution in [3.8, 4) is 5.75 Å². The van der Waals surface area contributed by atoms with E-state index < -0.39 is 11.4 Å². The van der Waals surface area contributed by atoms with Crippen LogP contribution in [0.4, 0.5) is 0 Å². The molecule has 1 saturated heterocycles. The topological polar surface area (TPSA) is 66.8 Å². The number of fused-ring (bicyclic) bond motifs is 2. The monoisotopic (exact) mass is 315 g/mol. The Morgan fingerprint density at radius 3 is 2.83 bits per heavy atom. The van der Waals surface area contributed by atoms with Crippen molar-refractivity contribution in [2.75, 3.05) is 19.7 Å². The molecule has 1 aromatic rings. The van der Waals surface area contributed by atoms with Gasteiger partial charge in [0.05, 0.1) is 12.0 Å². The molecule has 1 aliphatic carbocycles. The molecule has 4 rings (SSSR count). The molecule has 2 fully saturated rings. The number of para-hydroxylation sites is 1. The molecule has 3 aliphatic rings. The number of nitrogens with zero attached hydrogens (tertiary/aromatic N) is 1. The zero-order valence-corrected chi connectivity index (χ0v) is 13.2. The second-order valence-electron chi connectivity index (χ2n) is 7.38. The van der Waals surface area contributed by atoms with E-state index in [1.807, 2.05) is 18.2 Å². The summed E-state index contributed by atoms with van der Waals surface area (Å²) in [5.41, 5.74) is 0.254. The lowest BCUT2D eigenvalue weighted by atomic mass is 9.87. The molecule has 23 heavy (non-hydrogen) atoms. The molecule has 1 amide bonds. The average molecular weight is 315 g/mol. The Bertz CT molecular complexity index is 687. The van der Waals surface area contributed by atoms with Gasteiger partial charge < -0.3 is 14.7 Å². The summed E-state index contributed by atoms with van der Waals surface area (Å²) in [6.07, 6.45) is 2.25. The third-order valence-electron chi connectivity index (χ3n) is 5.90. The van der Waals surface area contributed by atoms with E-state index in [0.29, 0.717) is 26.1 Å². The molecule has 0 radical (unpaired) electrons. The molecule has 122 valence electrons. The van der Waals surface area contributed by atoms with Crippen LogP contribution in [0.3, 0.4) is 0 Å². The van der Waals surface area contributed by atoms with Crippen LogP contribution in [0.5, 0.6) is 5.75 Å². The molecular weight excluding hydrogens is 294 g/mol. The number of rotatable bonds is 2. The minimum absolute atomic E-state index is 0.0244. The van der Waals surface area contributed by atoms with Crippen LogP contribution in [-0.4, -0.2) is 41.6 Å². The van der Waals surface area contributed by atoms with Crippen molar-refractivity contribution in [1.82, 2.24) is 4.90 Å². The Hall–Kier alpha value is -2.04. The Kier molecular flexibility index (Phi) is 2.99. The number of hydrogen-bond acceptors (Lipinski definition) is 3. The van der Waals surface area contributed by atoms with Gasteiger partial charge in [-0.05, 0) is 32.3 Å². The molecule has 1 unspecified atom stereocenters. The normalized spacial score (nSPS) is 34.8. The number of likely N-dealkylation sites (tertiary alicyclic amines) is 1. The van der Waals surface area contributed by atoms with E-state index in [2.05, 4.69) is 6.07 Å². The predicted octanol–water partition coefficient (Wildman–Crippen LogP) is 2.05. The van der Waals surface area contributed by atoms with Crippen LogP contribution < -0.4 is 4.74 Å². The molecule has 1 N–H and O–H groups in total. The van der Waals surface area contributed by atoms with Crippen LogP contribution in [0, 0.1) is 11.3 Å². The van der Waals surface area contributed by atoms with E-state index in [-0.39, 0.29) is 17.2 Å². The number of ether oxygens (including phenoxy) is 1. The molecule has 5 nitrogen and oxygen atoms in total. The van der Waals surface area contributed by atoms with E-state index >= 15 is 0 Å². The van der Waals surface area contributed by atoms with Crippen molar-refractivity contribution < 1.29 is 19.4 Å². The number of amides is 1. The van der Waals surface area contributed by atoms with Crippen molar-refractivity contribution in [2.24, 2.45) is 11.3 Å². The summed E-state index contributed by atoms with van der Waals surface area (Å²) < 4.78 is 5.71. The molecular formula is C18H21NO4. The fourth-order valence-corrected chi connectivity index (χ4v) is 4.23. The van der Waals surface area contributed by atoms with E-state index in [1.165, 1.54) is 0 Å². The standard InChI is InChI=1S/C18H21NO4/c1-17(16(21)22)6-8-19(11-17)15(20)13-10-18(13)7-9-23-14-5-3-2-4-12(14)18/h2-5,13H,6-11H2,1H3,(H,21,22)/t13-,17?,18-/m0/s1. The van der Waals surface area contributed by atoms with Crippen molar-refractivity contribution in [3.05, 3.63) is 29.8 Å². The van der Waals surface area contributed by atoms with E-state index in [4.69, 9.17) is 4.74 Å². The van der Waals surface area contributed by atoms with Gasteiger partial charge in [0.2, 0.25) is 5.91 Å². The lowest BCUT2D eigenvalue weighted by Gasteiger charge is -2.28. The average Bonchev–Trinajstić information content (AvgIpc) is 3.10. The van der Waals surface area contributed by atoms with Crippen LogP contribution in [0.25, 0.3) is 0 Å². The number of aliphatic carboxylic acids is 1. The largest absolute Gasteiger partial charge is 0.493 e. The fourth-order valence-electron chi connectivity index (χ4n) is 4.23. The Morgan fingerprint density at radius 1 is 1.30 bits per heavy atom. The van der Waals surface area contributed by atoms with Crippen molar-refractivity contribution >= 4 is 11.9 Å². The summed E-state index contributed by atoms with van der Waals surface area (Å²) in [5.74, 6) is 0.177. The summed E-state index contributed by atoms with van der Waals surface area (Å²) in [7, 11) is 0. The quantitative estimate of drug-likeness (QED) is 0.907. The van der Waals surface area contributed by atoms with Crippen molar-refractivity contribution in [3.63, 3.8) is 0 Å². The molecule has 2 heterocycles. The first kappa shape index (κ1) is 14.5. The van der Waals surface area contributed by atoms with Gasteiger partial charge in [-0.3, -0.25) is 9.59 Å². The number of benzene rings is 1. The lowest BCUT2D eigenvalue weighted by molar-refractivity contribution is -0.147. The molecule has 1 saturated carbocycles. The van der Waals surface area contributed by atoms with E-state index in [9.17, 15) is 14.7 Å². The zero-order chi connectivity index (χ0) is 16.2. The first-order valence-electron chi connectivity index (χ1n) is 8.21. The highest BCUT2D eigenvalue weighted by molar-refractivity contribution is 5.86. The van der Waals surface area contributed by atoms with Gasteiger partial charge in [-0.15, -0.1) is 0 Å². The summed E-state index contributed by atoms with van der Waals surface area (Å²) in [6, 6.07) is 7.98. The molecule has 0 bridgehead atoms. The fraction of sp³-hybridized carbons (Fsp3) is 0.556. The van der Waals surface area contributed by atoms with E-state index in [1.54, 1.807) is 11.8 Å². The number of carboxylic acid groups (broad SMARTS) is 1. The number of carbonyl (C=O) groups excluding carboxylic acids is 1. The first-order valence-corrected chi connectivity index (χ1v) is 8.21. The lowest BCUT2D eigenvalue weighted by Crippen LogP contribution is -2.37. The number of hydrogen-bond donors (Lipinski definition) is 1. The molecule has 1 aromatic carbocycles. The Labute approximate surface area is 135 Å². The number of carboxylic acids is 1. The van der Waals surface area contributed by atoms with Gasteiger partial charge >= 0.3 is 5.97 Å². The van der Waals surface area contributed by atoms with Gasteiger partial charge in [-0.2, -0.15) is 0 Å². The minimum atomic E-state index is -0.810. The Balaban J connectivity index is 1.54. The number of carbonyl (C=O) groups is 2. The summed E-state index contributed by atoms with van der Waals surface area (Å²) in [5, 5.41) is 9.34. The second kappa shape index (κ2) is 4.73. The van der Waals surface area contributed by atoms with Gasteiger partial charge in [-0.25, -0.2) is 0 Å². The highest BCUT2D eigenvalue weighted by Gasteiger charge is 2.62. The molecule has 5 heteroatoms. The van der Waals surface area contributed by atoms with Crippen LogP contribution in [-0.2, 0) is 15.0 Å². The van der Waals surface area contributed by atoms with Gasteiger partial charge in [-0.1, -0.05) is 18.2 Å². The Morgan fingerprint density at radius 2 is 2.09 bits per heavy atom. The smallest absolute Gasteiger partial charge is 0.311 e. The van der Waals surface area contributed by atoms with Crippen molar-refractivity contribution in [2.45, 2.75) is 31.6 Å². The SMILES string of the molecule is CC1(C(=O)O)CCN(C(=O)[C@@H]2C[C@]23CCOc2ccccc23)C1. The maximum absolute atomic E-state index is 12.9. The highest BCUT2D eigenvalue weighted by Crippen LogP contribution is 2.61. The molecule has 1 spiro atoms. The zero-order valence-electron chi connectivity index (χ0n) is 13.2. The maximum atomic E-state index is 12.9. The second-order valence-corrected chi connectivity index (χ2v) is 7.38. The predicted molar refractivity (Wildman–Crippen MR) is 83.3 cm³/mol. The highest BCUT2D eigenvalue weighted by atomic mass is 16.5. The van der Waals surface area contributed by atoms with Crippen LogP contribution in [0.1, 0.15) is 31.7 Å². The molecule has 3 atom stereocenters. The third kappa shape index (κ3) is 2.06. The summed E-state index contributed by atoms with van der Waals surface area (Å²) >= 11 is 0. The van der Waals surface area contributed by atoms with Gasteiger partial charge in [0.25, 0.3) is 0 Å². The van der Waals surface area contributed by atoms with Gasteiger partial charge in [0.1, 0.15) is 5.75 Å². The van der Waals surface area contributed by atoms with Gasteiger partial charge in [0.15, 0.2) is 0 Å². The molecule has 0 aromatic heterocycles. The van der Waals surface area contributed by atoms with Crippen LogP contribution >= 0.6 is 0 Å².